The summed E-state index contributed by atoms with van der Waals surface area (Å²) in [5, 5.41) is 3.62. The molecule has 1 fully saturated rings. The lowest BCUT2D eigenvalue weighted by Gasteiger charge is -2.18. The van der Waals surface area contributed by atoms with Gasteiger partial charge in [-0.05, 0) is 44.7 Å². The van der Waals surface area contributed by atoms with Crippen LogP contribution in [0.1, 0.15) is 57.6 Å². The summed E-state index contributed by atoms with van der Waals surface area (Å²) in [6.45, 7) is 6.43. The van der Waals surface area contributed by atoms with Gasteiger partial charge in [-0.25, -0.2) is 0 Å². The van der Waals surface area contributed by atoms with E-state index in [9.17, 15) is 0 Å². The molecule has 1 saturated carbocycles. The van der Waals surface area contributed by atoms with Gasteiger partial charge in [0.25, 0.3) is 0 Å². The van der Waals surface area contributed by atoms with Crippen LogP contribution in [-0.4, -0.2) is 13.2 Å². The van der Waals surface area contributed by atoms with E-state index >= 15 is 0 Å². The van der Waals surface area contributed by atoms with Gasteiger partial charge in [-0.2, -0.15) is 0 Å². The molecule has 19 heavy (non-hydrogen) atoms. The van der Waals surface area contributed by atoms with E-state index in [1.54, 1.807) is 0 Å². The Kier molecular flexibility index (Phi) is 5.71. The molecule has 106 valence electrons. The first kappa shape index (κ1) is 14.4. The molecule has 0 bridgehead atoms. The summed E-state index contributed by atoms with van der Waals surface area (Å²) in [7, 11) is 0. The van der Waals surface area contributed by atoms with Gasteiger partial charge in [0.15, 0.2) is 0 Å². The number of ether oxygens (including phenoxy) is 1. The lowest BCUT2D eigenvalue weighted by Crippen LogP contribution is -2.21. The van der Waals surface area contributed by atoms with Crippen LogP contribution in [-0.2, 0) is 0 Å². The molecule has 1 N–H and O–H groups in total. The third-order valence-corrected chi connectivity index (χ3v) is 3.80. The predicted octanol–water partition coefficient (Wildman–Crippen LogP) is 4.32. The van der Waals surface area contributed by atoms with Crippen molar-refractivity contribution in [2.24, 2.45) is 5.92 Å². The second kappa shape index (κ2) is 7.54. The molecule has 1 aliphatic rings. The van der Waals surface area contributed by atoms with Crippen molar-refractivity contribution in [2.75, 3.05) is 13.2 Å². The molecule has 2 nitrogen and oxygen atoms in total. The molecule has 2 heteroatoms. The summed E-state index contributed by atoms with van der Waals surface area (Å²) >= 11 is 0. The van der Waals surface area contributed by atoms with Gasteiger partial charge in [-0.1, -0.05) is 38.0 Å². The highest BCUT2D eigenvalue weighted by Gasteiger charge is 2.22. The average Bonchev–Trinajstić information content (AvgIpc) is 3.26. The largest absolute Gasteiger partial charge is 0.493 e. The van der Waals surface area contributed by atoms with Gasteiger partial charge < -0.3 is 10.1 Å². The predicted molar refractivity (Wildman–Crippen MR) is 80.6 cm³/mol. The van der Waals surface area contributed by atoms with Gasteiger partial charge in [0.1, 0.15) is 5.75 Å². The maximum atomic E-state index is 5.94. The molecule has 1 atom stereocenters. The van der Waals surface area contributed by atoms with Gasteiger partial charge in [0, 0.05) is 11.6 Å². The Balaban J connectivity index is 1.86. The maximum Gasteiger partial charge on any atom is 0.124 e. The fourth-order valence-corrected chi connectivity index (χ4v) is 2.28. The summed E-state index contributed by atoms with van der Waals surface area (Å²) < 4.78 is 5.94. The molecule has 1 aliphatic carbocycles. The molecule has 0 aliphatic heterocycles. The zero-order valence-electron chi connectivity index (χ0n) is 12.3. The van der Waals surface area contributed by atoms with Crippen molar-refractivity contribution in [3.8, 4) is 5.75 Å². The van der Waals surface area contributed by atoms with Crippen molar-refractivity contribution in [3.63, 3.8) is 0 Å². The average molecular weight is 261 g/mol. The molecule has 2 rings (SSSR count). The number of unbranched alkanes of at least 4 members (excludes halogenated alkanes) is 2. The van der Waals surface area contributed by atoms with Crippen LogP contribution in [0.25, 0.3) is 0 Å². The number of benzene rings is 1. The van der Waals surface area contributed by atoms with E-state index < -0.39 is 0 Å². The summed E-state index contributed by atoms with van der Waals surface area (Å²) in [6.07, 6.45) is 6.43. The fourth-order valence-electron chi connectivity index (χ4n) is 2.28. The fraction of sp³-hybridized carbons (Fsp3) is 0.647. The highest BCUT2D eigenvalue weighted by atomic mass is 16.5. The third-order valence-electron chi connectivity index (χ3n) is 3.80. The van der Waals surface area contributed by atoms with Crippen molar-refractivity contribution in [2.45, 2.75) is 52.0 Å². The van der Waals surface area contributed by atoms with Gasteiger partial charge >= 0.3 is 0 Å². The van der Waals surface area contributed by atoms with Crippen LogP contribution in [0.2, 0.25) is 0 Å². The van der Waals surface area contributed by atoms with Crippen molar-refractivity contribution in [1.29, 1.82) is 0 Å². The Morgan fingerprint density at radius 2 is 2.05 bits per heavy atom. The second-order valence-electron chi connectivity index (χ2n) is 5.67. The minimum atomic E-state index is 0.378. The van der Waals surface area contributed by atoms with E-state index in [1.165, 1.54) is 31.2 Å². The molecule has 1 aromatic rings. The highest BCUT2D eigenvalue weighted by Crippen LogP contribution is 2.30. The smallest absolute Gasteiger partial charge is 0.124 e. The zero-order chi connectivity index (χ0) is 13.5. The second-order valence-corrected chi connectivity index (χ2v) is 5.67. The Labute approximate surface area is 117 Å². The standard InChI is InChI=1S/C17H27NO/c1-3-4-7-12-19-17-9-6-5-8-16(17)14(2)18-13-15-10-11-15/h5-6,8-9,14-15,18H,3-4,7,10-13H2,1-2H3. The van der Waals surface area contributed by atoms with Crippen LogP contribution < -0.4 is 10.1 Å². The van der Waals surface area contributed by atoms with Crippen LogP contribution >= 0.6 is 0 Å². The van der Waals surface area contributed by atoms with E-state index in [0.29, 0.717) is 6.04 Å². The molecule has 1 unspecified atom stereocenters. The highest BCUT2D eigenvalue weighted by molar-refractivity contribution is 5.35. The van der Waals surface area contributed by atoms with Crippen molar-refractivity contribution < 1.29 is 4.74 Å². The number of para-hydroxylation sites is 1. The number of nitrogens with one attached hydrogen (secondary N) is 1. The van der Waals surface area contributed by atoms with Crippen LogP contribution in [0.3, 0.4) is 0 Å². The minimum absolute atomic E-state index is 0.378. The Morgan fingerprint density at radius 3 is 2.79 bits per heavy atom. The number of hydrogen-bond donors (Lipinski definition) is 1. The van der Waals surface area contributed by atoms with Gasteiger partial charge in [0.05, 0.1) is 6.61 Å². The Morgan fingerprint density at radius 1 is 1.26 bits per heavy atom. The van der Waals surface area contributed by atoms with Crippen LogP contribution in [0.15, 0.2) is 24.3 Å². The van der Waals surface area contributed by atoms with Crippen molar-refractivity contribution in [1.82, 2.24) is 5.32 Å². The molecule has 0 amide bonds. The Hall–Kier alpha value is -1.02. The number of rotatable bonds is 9. The van der Waals surface area contributed by atoms with Crippen molar-refractivity contribution >= 4 is 0 Å². The van der Waals surface area contributed by atoms with E-state index in [0.717, 1.165) is 31.2 Å². The van der Waals surface area contributed by atoms with Crippen LogP contribution in [0, 0.1) is 5.92 Å². The van der Waals surface area contributed by atoms with Crippen LogP contribution in [0.4, 0.5) is 0 Å². The normalized spacial score (nSPS) is 16.3. The molecule has 0 saturated heterocycles. The molecule has 0 radical (unpaired) electrons. The summed E-state index contributed by atoms with van der Waals surface area (Å²) in [4.78, 5) is 0. The van der Waals surface area contributed by atoms with Crippen LogP contribution in [0.5, 0.6) is 5.75 Å². The summed E-state index contributed by atoms with van der Waals surface area (Å²) in [5.41, 5.74) is 1.29. The first-order valence-corrected chi connectivity index (χ1v) is 7.76. The Bertz CT molecular complexity index is 373. The molecule has 0 heterocycles. The first-order chi connectivity index (χ1) is 9.31. The first-order valence-electron chi connectivity index (χ1n) is 7.76. The van der Waals surface area contributed by atoms with E-state index in [2.05, 4.69) is 43.4 Å². The third kappa shape index (κ3) is 4.87. The van der Waals surface area contributed by atoms with Crippen molar-refractivity contribution in [3.05, 3.63) is 29.8 Å². The van der Waals surface area contributed by atoms with E-state index in [1.807, 2.05) is 0 Å². The van der Waals surface area contributed by atoms with E-state index in [4.69, 9.17) is 4.74 Å². The SMILES string of the molecule is CCCCCOc1ccccc1C(C)NCC1CC1. The summed E-state index contributed by atoms with van der Waals surface area (Å²) in [6, 6.07) is 8.81. The van der Waals surface area contributed by atoms with Gasteiger partial charge in [-0.3, -0.25) is 0 Å². The molecule has 1 aromatic carbocycles. The number of hydrogen-bond acceptors (Lipinski definition) is 2. The monoisotopic (exact) mass is 261 g/mol. The van der Waals surface area contributed by atoms with Gasteiger partial charge in [-0.15, -0.1) is 0 Å². The van der Waals surface area contributed by atoms with E-state index in [-0.39, 0.29) is 0 Å². The molecular formula is C17H27NO. The molecule has 0 spiro atoms. The maximum absolute atomic E-state index is 5.94. The lowest BCUT2D eigenvalue weighted by atomic mass is 10.1. The molecular weight excluding hydrogens is 234 g/mol. The zero-order valence-corrected chi connectivity index (χ0v) is 12.3. The summed E-state index contributed by atoms with van der Waals surface area (Å²) in [5.74, 6) is 1.97. The topological polar surface area (TPSA) is 21.3 Å². The van der Waals surface area contributed by atoms with Gasteiger partial charge in [0.2, 0.25) is 0 Å². The quantitative estimate of drug-likeness (QED) is 0.669. The molecule has 0 aromatic heterocycles. The minimum Gasteiger partial charge on any atom is -0.493 e. The lowest BCUT2D eigenvalue weighted by molar-refractivity contribution is 0.300.